The van der Waals surface area contributed by atoms with Crippen LogP contribution in [0.3, 0.4) is 0 Å². The fourth-order valence-electron chi connectivity index (χ4n) is 3.80. The zero-order valence-electron chi connectivity index (χ0n) is 13.8. The molecule has 2 aromatic heterocycles. The van der Waals surface area contributed by atoms with Gasteiger partial charge in [-0.25, -0.2) is 4.98 Å². The van der Waals surface area contributed by atoms with Crippen LogP contribution in [-0.4, -0.2) is 48.1 Å². The number of rotatable bonds is 1. The second-order valence-corrected chi connectivity index (χ2v) is 6.66. The number of nitrogens with zero attached hydrogens (tertiary/aromatic N) is 3. The molecule has 3 heterocycles. The Bertz CT molecular complexity index is 1040. The Balaban J connectivity index is 1.86. The van der Waals surface area contributed by atoms with Crippen LogP contribution in [0.25, 0.3) is 32.8 Å². The molecule has 1 aliphatic rings. The van der Waals surface area contributed by atoms with Crippen LogP contribution in [-0.2, 0) is 0 Å². The van der Waals surface area contributed by atoms with Crippen molar-refractivity contribution < 1.29 is 0 Å². The first-order valence-corrected chi connectivity index (χ1v) is 8.54. The van der Waals surface area contributed by atoms with Crippen molar-refractivity contribution in [3.63, 3.8) is 0 Å². The smallest absolute Gasteiger partial charge is 0.0986 e. The predicted molar refractivity (Wildman–Crippen MR) is 101 cm³/mol. The summed E-state index contributed by atoms with van der Waals surface area (Å²) in [5.41, 5.74) is 5.78. The number of fused-ring (bicyclic) bond motifs is 4. The third-order valence-corrected chi connectivity index (χ3v) is 5.13. The van der Waals surface area contributed by atoms with Gasteiger partial charge in [-0.05, 0) is 19.2 Å². The Morgan fingerprint density at radius 1 is 0.875 bits per heavy atom. The average Bonchev–Trinajstić information content (AvgIpc) is 2.99. The predicted octanol–water partition coefficient (Wildman–Crippen LogP) is 3.62. The second kappa shape index (κ2) is 5.21. The Hall–Kier alpha value is -2.59. The lowest BCUT2D eigenvalue weighted by Gasteiger charge is -2.34. The summed E-state index contributed by atoms with van der Waals surface area (Å²) in [6, 6.07) is 17.0. The number of para-hydroxylation sites is 2. The van der Waals surface area contributed by atoms with E-state index in [-0.39, 0.29) is 0 Å². The Labute approximate surface area is 140 Å². The molecule has 1 saturated heterocycles. The number of likely N-dealkylation sites (N-methyl/N-ethyl adjacent to an activating group) is 1. The molecule has 4 aromatic rings. The average molecular weight is 316 g/mol. The molecule has 0 atom stereocenters. The van der Waals surface area contributed by atoms with Crippen molar-refractivity contribution >= 4 is 38.5 Å². The number of H-pyrrole nitrogens is 1. The normalized spacial score (nSPS) is 16.5. The van der Waals surface area contributed by atoms with Gasteiger partial charge in [0.05, 0.1) is 22.2 Å². The SMILES string of the molecule is CN1CCN(c2c3ccccc3nc3c2[nH]c2ccccc23)CC1. The highest BCUT2D eigenvalue weighted by Gasteiger charge is 2.21. The first-order chi connectivity index (χ1) is 11.8. The summed E-state index contributed by atoms with van der Waals surface area (Å²) in [4.78, 5) is 13.5. The highest BCUT2D eigenvalue weighted by molar-refractivity contribution is 6.15. The summed E-state index contributed by atoms with van der Waals surface area (Å²) < 4.78 is 0. The molecule has 0 unspecified atom stereocenters. The van der Waals surface area contributed by atoms with Gasteiger partial charge in [-0.2, -0.15) is 0 Å². The number of pyridine rings is 1. The van der Waals surface area contributed by atoms with Crippen molar-refractivity contribution in [1.29, 1.82) is 0 Å². The first kappa shape index (κ1) is 13.8. The number of nitrogens with one attached hydrogen (secondary N) is 1. The van der Waals surface area contributed by atoms with E-state index in [4.69, 9.17) is 4.98 Å². The van der Waals surface area contributed by atoms with Gasteiger partial charge in [0.2, 0.25) is 0 Å². The van der Waals surface area contributed by atoms with E-state index in [1.54, 1.807) is 0 Å². The van der Waals surface area contributed by atoms with E-state index in [9.17, 15) is 0 Å². The molecule has 0 aliphatic carbocycles. The van der Waals surface area contributed by atoms with Crippen molar-refractivity contribution in [2.24, 2.45) is 0 Å². The van der Waals surface area contributed by atoms with Gasteiger partial charge >= 0.3 is 0 Å². The molecule has 1 N–H and O–H groups in total. The molecular weight excluding hydrogens is 296 g/mol. The lowest BCUT2D eigenvalue weighted by molar-refractivity contribution is 0.313. The quantitative estimate of drug-likeness (QED) is 0.582. The molecule has 120 valence electrons. The molecule has 5 rings (SSSR count). The molecular formula is C20H20N4. The van der Waals surface area contributed by atoms with Gasteiger partial charge in [0, 0.05) is 42.5 Å². The number of hydrogen-bond acceptors (Lipinski definition) is 3. The van der Waals surface area contributed by atoms with Crippen LogP contribution in [0, 0.1) is 0 Å². The van der Waals surface area contributed by atoms with E-state index in [1.165, 1.54) is 22.0 Å². The third kappa shape index (κ3) is 2.00. The first-order valence-electron chi connectivity index (χ1n) is 8.54. The lowest BCUT2D eigenvalue weighted by atomic mass is 10.1. The minimum atomic E-state index is 1.05. The van der Waals surface area contributed by atoms with Gasteiger partial charge in [0.15, 0.2) is 0 Å². The maximum atomic E-state index is 4.97. The molecule has 4 heteroatoms. The van der Waals surface area contributed by atoms with E-state index >= 15 is 0 Å². The fourth-order valence-corrected chi connectivity index (χ4v) is 3.80. The minimum absolute atomic E-state index is 1.05. The molecule has 0 bridgehead atoms. The van der Waals surface area contributed by atoms with Crippen LogP contribution < -0.4 is 4.90 Å². The zero-order chi connectivity index (χ0) is 16.1. The van der Waals surface area contributed by atoms with Crippen LogP contribution in [0.2, 0.25) is 0 Å². The molecule has 24 heavy (non-hydrogen) atoms. The van der Waals surface area contributed by atoms with E-state index in [1.807, 2.05) is 0 Å². The fraction of sp³-hybridized carbons (Fsp3) is 0.250. The van der Waals surface area contributed by atoms with Crippen molar-refractivity contribution in [3.8, 4) is 0 Å². The van der Waals surface area contributed by atoms with E-state index in [0.717, 1.165) is 42.7 Å². The summed E-state index contributed by atoms with van der Waals surface area (Å²) in [5.74, 6) is 0. The summed E-state index contributed by atoms with van der Waals surface area (Å²) in [6.45, 7) is 4.29. The van der Waals surface area contributed by atoms with Crippen molar-refractivity contribution in [1.82, 2.24) is 14.9 Å². The number of aromatic amines is 1. The van der Waals surface area contributed by atoms with E-state index in [0.29, 0.717) is 0 Å². The van der Waals surface area contributed by atoms with Gasteiger partial charge in [0.25, 0.3) is 0 Å². The maximum absolute atomic E-state index is 4.97. The molecule has 1 aliphatic heterocycles. The molecule has 0 amide bonds. The molecule has 4 nitrogen and oxygen atoms in total. The van der Waals surface area contributed by atoms with Crippen LogP contribution in [0.15, 0.2) is 48.5 Å². The third-order valence-electron chi connectivity index (χ3n) is 5.13. The molecule has 2 aromatic carbocycles. The molecule has 0 saturated carbocycles. The number of anilines is 1. The zero-order valence-corrected chi connectivity index (χ0v) is 13.8. The molecule has 0 spiro atoms. The van der Waals surface area contributed by atoms with Gasteiger partial charge in [-0.3, -0.25) is 0 Å². The minimum Gasteiger partial charge on any atom is -0.367 e. The van der Waals surface area contributed by atoms with Gasteiger partial charge < -0.3 is 14.8 Å². The van der Waals surface area contributed by atoms with E-state index < -0.39 is 0 Å². The lowest BCUT2D eigenvalue weighted by Crippen LogP contribution is -2.44. The van der Waals surface area contributed by atoms with Crippen molar-refractivity contribution in [3.05, 3.63) is 48.5 Å². The van der Waals surface area contributed by atoms with Gasteiger partial charge in [0.1, 0.15) is 0 Å². The number of benzene rings is 2. The summed E-state index contributed by atoms with van der Waals surface area (Å²) in [5, 5.41) is 2.44. The van der Waals surface area contributed by atoms with Gasteiger partial charge in [-0.15, -0.1) is 0 Å². The molecule has 1 fully saturated rings. The summed E-state index contributed by atoms with van der Waals surface area (Å²) in [7, 11) is 2.19. The Morgan fingerprint density at radius 2 is 1.58 bits per heavy atom. The van der Waals surface area contributed by atoms with Crippen molar-refractivity contribution in [2.75, 3.05) is 38.1 Å². The van der Waals surface area contributed by atoms with Gasteiger partial charge in [-0.1, -0.05) is 36.4 Å². The number of aromatic nitrogens is 2. The van der Waals surface area contributed by atoms with Crippen molar-refractivity contribution in [2.45, 2.75) is 0 Å². The van der Waals surface area contributed by atoms with Crippen LogP contribution >= 0.6 is 0 Å². The van der Waals surface area contributed by atoms with Crippen LogP contribution in [0.5, 0.6) is 0 Å². The highest BCUT2D eigenvalue weighted by atomic mass is 15.3. The summed E-state index contributed by atoms with van der Waals surface area (Å²) >= 11 is 0. The molecule has 0 radical (unpaired) electrons. The standard InChI is InChI=1S/C20H20N4/c1-23-10-12-24(13-11-23)20-15-7-3-5-9-17(15)21-18-14-6-2-4-8-16(14)22-19(18)20/h2-9,22H,10-13H2,1H3. The highest BCUT2D eigenvalue weighted by Crippen LogP contribution is 2.37. The largest absolute Gasteiger partial charge is 0.367 e. The maximum Gasteiger partial charge on any atom is 0.0986 e. The van der Waals surface area contributed by atoms with Crippen LogP contribution in [0.4, 0.5) is 5.69 Å². The monoisotopic (exact) mass is 316 g/mol. The number of hydrogen-bond donors (Lipinski definition) is 1. The van der Waals surface area contributed by atoms with Crippen LogP contribution in [0.1, 0.15) is 0 Å². The number of piperazine rings is 1. The Kier molecular flexibility index (Phi) is 3.00. The topological polar surface area (TPSA) is 35.2 Å². The Morgan fingerprint density at radius 3 is 2.42 bits per heavy atom. The summed E-state index contributed by atoms with van der Waals surface area (Å²) in [6.07, 6.45) is 0. The second-order valence-electron chi connectivity index (χ2n) is 6.66. The van der Waals surface area contributed by atoms with E-state index in [2.05, 4.69) is 70.4 Å².